The summed E-state index contributed by atoms with van der Waals surface area (Å²) in [5, 5.41) is 7.42. The lowest BCUT2D eigenvalue weighted by Crippen LogP contribution is -2.25. The molecule has 1 rings (SSSR count). The monoisotopic (exact) mass is 186 g/mol. The van der Waals surface area contributed by atoms with Crippen LogP contribution in [0, 0.1) is 5.92 Å². The van der Waals surface area contributed by atoms with Gasteiger partial charge in [-0.2, -0.15) is 0 Å². The molecule has 0 aromatic carbocycles. The summed E-state index contributed by atoms with van der Waals surface area (Å²) in [6.45, 7) is 2.78. The lowest BCUT2D eigenvalue weighted by atomic mass is 9.88. The van der Waals surface area contributed by atoms with Crippen LogP contribution in [0.25, 0.3) is 0 Å². The highest BCUT2D eigenvalue weighted by Gasteiger charge is 2.24. The minimum atomic E-state index is -0.833. The first kappa shape index (κ1) is 11.8. The van der Waals surface area contributed by atoms with Crippen LogP contribution in [0.3, 0.4) is 0 Å². The molecule has 0 aromatic heterocycles. The summed E-state index contributed by atoms with van der Waals surface area (Å²) in [5.74, 6) is -0.906. The van der Waals surface area contributed by atoms with Crippen LogP contribution in [-0.2, 0) is 14.4 Å². The van der Waals surface area contributed by atoms with E-state index in [1.54, 1.807) is 6.92 Å². The number of carbonyl (C=O) groups is 3. The third kappa shape index (κ3) is 5.11. The van der Waals surface area contributed by atoms with Crippen LogP contribution in [0.5, 0.6) is 0 Å². The van der Waals surface area contributed by atoms with Crippen molar-refractivity contribution >= 4 is 17.5 Å². The zero-order valence-corrected chi connectivity index (χ0v) is 7.87. The first-order chi connectivity index (χ1) is 5.95. The fourth-order valence-corrected chi connectivity index (χ4v) is 1.05. The minimum absolute atomic E-state index is 0.117. The summed E-state index contributed by atoms with van der Waals surface area (Å²) in [7, 11) is 0. The molecule has 1 aliphatic rings. The molecular weight excluding hydrogens is 172 g/mol. The predicted octanol–water partition coefficient (Wildman–Crippen LogP) is 1.04. The Morgan fingerprint density at radius 3 is 1.85 bits per heavy atom. The smallest absolute Gasteiger partial charge is 0.300 e. The number of carboxylic acids is 1. The number of Topliss-reactive ketones (excluding diaryl/α,β-unsaturated/α-hetero) is 2. The molecule has 4 nitrogen and oxygen atoms in total. The highest BCUT2D eigenvalue weighted by atomic mass is 16.4. The van der Waals surface area contributed by atoms with Crippen LogP contribution in [0.1, 0.15) is 33.1 Å². The number of hydrogen-bond acceptors (Lipinski definition) is 3. The average molecular weight is 186 g/mol. The van der Waals surface area contributed by atoms with Crippen LogP contribution >= 0.6 is 0 Å². The van der Waals surface area contributed by atoms with Crippen LogP contribution in [-0.4, -0.2) is 22.6 Å². The number of ketones is 2. The van der Waals surface area contributed by atoms with Gasteiger partial charge >= 0.3 is 0 Å². The Labute approximate surface area is 76.9 Å². The number of aliphatic carboxylic acids is 1. The van der Waals surface area contributed by atoms with Crippen molar-refractivity contribution in [2.24, 2.45) is 5.92 Å². The molecule has 0 bridgehead atoms. The topological polar surface area (TPSA) is 71.4 Å². The van der Waals surface area contributed by atoms with Gasteiger partial charge in [0.1, 0.15) is 11.6 Å². The summed E-state index contributed by atoms with van der Waals surface area (Å²) in [6.07, 6.45) is 1.97. The summed E-state index contributed by atoms with van der Waals surface area (Å²) in [6, 6.07) is 0. The fraction of sp³-hybridized carbons (Fsp3) is 0.667. The number of hydrogen-bond donors (Lipinski definition) is 1. The molecule has 1 N–H and O–H groups in total. The molecule has 0 heterocycles. The minimum Gasteiger partial charge on any atom is -0.481 e. The Morgan fingerprint density at radius 2 is 1.62 bits per heavy atom. The van der Waals surface area contributed by atoms with Crippen molar-refractivity contribution < 1.29 is 19.5 Å². The second-order valence-corrected chi connectivity index (χ2v) is 3.03. The summed E-state index contributed by atoms with van der Waals surface area (Å²) >= 11 is 0. The molecule has 0 spiro atoms. The molecule has 0 unspecified atom stereocenters. The molecule has 1 aliphatic carbocycles. The Hall–Kier alpha value is -1.19. The SMILES string of the molecule is CC(=O)O.CC1C(=O)CCCC1=O. The molecule has 0 saturated heterocycles. The average Bonchev–Trinajstić information content (AvgIpc) is 1.99. The van der Waals surface area contributed by atoms with Gasteiger partial charge in [-0.25, -0.2) is 0 Å². The van der Waals surface area contributed by atoms with Crippen molar-refractivity contribution in [3.8, 4) is 0 Å². The molecule has 0 atom stereocenters. The van der Waals surface area contributed by atoms with E-state index in [9.17, 15) is 9.59 Å². The van der Waals surface area contributed by atoms with Gasteiger partial charge in [-0.05, 0) is 13.3 Å². The van der Waals surface area contributed by atoms with Crippen LogP contribution in [0.15, 0.2) is 0 Å². The number of carboxylic acid groups (broad SMARTS) is 1. The second-order valence-electron chi connectivity index (χ2n) is 3.03. The zero-order valence-electron chi connectivity index (χ0n) is 7.87. The summed E-state index contributed by atoms with van der Waals surface area (Å²) in [4.78, 5) is 30.6. The molecule has 0 aliphatic heterocycles. The van der Waals surface area contributed by atoms with Gasteiger partial charge in [0.05, 0.1) is 5.92 Å². The van der Waals surface area contributed by atoms with Crippen molar-refractivity contribution in [3.63, 3.8) is 0 Å². The Morgan fingerprint density at radius 1 is 1.31 bits per heavy atom. The Kier molecular flexibility index (Phi) is 4.96. The highest BCUT2D eigenvalue weighted by molar-refractivity contribution is 6.03. The lowest BCUT2D eigenvalue weighted by molar-refractivity contribution is -0.135. The van der Waals surface area contributed by atoms with Crippen molar-refractivity contribution in [2.75, 3.05) is 0 Å². The van der Waals surface area contributed by atoms with Crippen molar-refractivity contribution in [1.82, 2.24) is 0 Å². The number of rotatable bonds is 0. The van der Waals surface area contributed by atoms with Crippen LogP contribution in [0.2, 0.25) is 0 Å². The van der Waals surface area contributed by atoms with E-state index in [2.05, 4.69) is 0 Å². The summed E-state index contributed by atoms with van der Waals surface area (Å²) < 4.78 is 0. The molecular formula is C9H14O4. The lowest BCUT2D eigenvalue weighted by Gasteiger charge is -2.13. The standard InChI is InChI=1S/C7H10O2.C2H4O2/c1-5-6(8)3-2-4-7(5)9;1-2(3)4/h5H,2-4H2,1H3;1H3,(H,3,4). The van der Waals surface area contributed by atoms with E-state index in [1.807, 2.05) is 0 Å². The molecule has 13 heavy (non-hydrogen) atoms. The third-order valence-electron chi connectivity index (χ3n) is 1.81. The van der Waals surface area contributed by atoms with Gasteiger partial charge in [0, 0.05) is 19.8 Å². The van der Waals surface area contributed by atoms with Gasteiger partial charge in [-0.1, -0.05) is 0 Å². The first-order valence-electron chi connectivity index (χ1n) is 4.20. The normalized spacial score (nSPS) is 17.7. The second kappa shape index (κ2) is 5.45. The highest BCUT2D eigenvalue weighted by Crippen LogP contribution is 2.15. The molecule has 74 valence electrons. The fourth-order valence-electron chi connectivity index (χ4n) is 1.05. The van der Waals surface area contributed by atoms with Gasteiger partial charge in [0.25, 0.3) is 5.97 Å². The Bertz CT molecular complexity index is 200. The maximum atomic E-state index is 10.8. The van der Waals surface area contributed by atoms with Crippen molar-refractivity contribution in [2.45, 2.75) is 33.1 Å². The van der Waals surface area contributed by atoms with Gasteiger partial charge in [0.2, 0.25) is 0 Å². The van der Waals surface area contributed by atoms with E-state index in [0.717, 1.165) is 13.3 Å². The third-order valence-corrected chi connectivity index (χ3v) is 1.81. The molecule has 1 saturated carbocycles. The maximum Gasteiger partial charge on any atom is 0.300 e. The molecule has 4 heteroatoms. The van der Waals surface area contributed by atoms with E-state index in [-0.39, 0.29) is 17.5 Å². The van der Waals surface area contributed by atoms with Crippen LogP contribution in [0.4, 0.5) is 0 Å². The quantitative estimate of drug-likeness (QED) is 0.573. The van der Waals surface area contributed by atoms with E-state index in [4.69, 9.17) is 9.90 Å². The van der Waals surface area contributed by atoms with Crippen LogP contribution < -0.4 is 0 Å². The van der Waals surface area contributed by atoms with E-state index < -0.39 is 5.97 Å². The van der Waals surface area contributed by atoms with Crippen molar-refractivity contribution in [3.05, 3.63) is 0 Å². The van der Waals surface area contributed by atoms with Gasteiger partial charge in [-0.3, -0.25) is 14.4 Å². The Balaban J connectivity index is 0.000000310. The van der Waals surface area contributed by atoms with E-state index in [0.29, 0.717) is 12.8 Å². The molecule has 0 radical (unpaired) electrons. The molecule has 0 amide bonds. The van der Waals surface area contributed by atoms with Gasteiger partial charge in [0.15, 0.2) is 0 Å². The van der Waals surface area contributed by atoms with E-state index >= 15 is 0 Å². The summed E-state index contributed by atoms with van der Waals surface area (Å²) in [5.41, 5.74) is 0. The zero-order chi connectivity index (χ0) is 10.4. The largest absolute Gasteiger partial charge is 0.481 e. The predicted molar refractivity (Wildman–Crippen MR) is 46.3 cm³/mol. The molecule has 1 fully saturated rings. The van der Waals surface area contributed by atoms with Crippen molar-refractivity contribution in [1.29, 1.82) is 0 Å². The van der Waals surface area contributed by atoms with Gasteiger partial charge < -0.3 is 5.11 Å². The van der Waals surface area contributed by atoms with E-state index in [1.165, 1.54) is 0 Å². The number of carbonyl (C=O) groups excluding carboxylic acids is 2. The molecule has 0 aromatic rings. The van der Waals surface area contributed by atoms with Gasteiger partial charge in [-0.15, -0.1) is 0 Å². The maximum absolute atomic E-state index is 10.8. The first-order valence-corrected chi connectivity index (χ1v) is 4.20.